The van der Waals surface area contributed by atoms with Crippen molar-refractivity contribution >= 4 is 27.8 Å². The van der Waals surface area contributed by atoms with E-state index < -0.39 is 0 Å². The molecule has 2 aromatic heterocycles. The average Bonchev–Trinajstić information content (AvgIpc) is 3.44. The molecule has 0 spiro atoms. The Morgan fingerprint density at radius 1 is 1.20 bits per heavy atom. The quantitative estimate of drug-likeness (QED) is 0.463. The van der Waals surface area contributed by atoms with Gasteiger partial charge >= 0.3 is 0 Å². The van der Waals surface area contributed by atoms with Gasteiger partial charge < -0.3 is 20.6 Å². The minimum absolute atomic E-state index is 0.492. The molecule has 7 nitrogen and oxygen atoms in total. The number of imidazole rings is 2. The number of aromatic nitrogens is 4. The Labute approximate surface area is 174 Å². The molecule has 4 N–H and O–H groups in total. The molecule has 0 atom stereocenters. The van der Waals surface area contributed by atoms with E-state index in [2.05, 4.69) is 44.1 Å². The topological polar surface area (TPSA) is 108 Å². The summed E-state index contributed by atoms with van der Waals surface area (Å²) < 4.78 is 2.34. The maximum atomic E-state index is 9.68. The molecule has 0 unspecified atom stereocenters. The van der Waals surface area contributed by atoms with E-state index in [0.29, 0.717) is 24.7 Å². The van der Waals surface area contributed by atoms with Gasteiger partial charge in [-0.15, -0.1) is 0 Å². The summed E-state index contributed by atoms with van der Waals surface area (Å²) >= 11 is 0. The van der Waals surface area contributed by atoms with Crippen LogP contribution in [0.1, 0.15) is 43.7 Å². The van der Waals surface area contributed by atoms with Crippen LogP contribution in [0.5, 0.6) is 0 Å². The fourth-order valence-electron chi connectivity index (χ4n) is 4.64. The molecule has 152 valence electrons. The van der Waals surface area contributed by atoms with Gasteiger partial charge in [-0.1, -0.05) is 25.3 Å². The molecule has 0 bridgehead atoms. The van der Waals surface area contributed by atoms with Gasteiger partial charge in [-0.25, -0.2) is 9.97 Å². The van der Waals surface area contributed by atoms with Gasteiger partial charge in [0.25, 0.3) is 0 Å². The second-order valence-electron chi connectivity index (χ2n) is 7.95. The number of hydrogen-bond donors (Lipinski definition) is 3. The summed E-state index contributed by atoms with van der Waals surface area (Å²) in [6.45, 7) is 1.09. The number of nitrogens with one attached hydrogen (secondary N) is 2. The van der Waals surface area contributed by atoms with Gasteiger partial charge in [-0.3, -0.25) is 0 Å². The normalized spacial score (nSPS) is 14.9. The van der Waals surface area contributed by atoms with Crippen molar-refractivity contribution in [3.8, 4) is 17.2 Å². The standard InChI is InChI=1S/C23H25N7/c24-8-9-26-19-11-17(22-23(18(19)12-25)28-13-27-22)15-6-7-21-20(10-15)29-14-30(21)16-4-2-1-3-5-16/h6-7,10-11,13-14,16,26H,1-5,8-9,24H2,(H,27,28). The van der Waals surface area contributed by atoms with Crippen molar-refractivity contribution in [2.75, 3.05) is 18.4 Å². The summed E-state index contributed by atoms with van der Waals surface area (Å²) in [4.78, 5) is 12.3. The van der Waals surface area contributed by atoms with Crippen molar-refractivity contribution in [2.24, 2.45) is 5.73 Å². The van der Waals surface area contributed by atoms with Gasteiger partial charge in [0.05, 0.1) is 40.4 Å². The first-order valence-electron chi connectivity index (χ1n) is 10.6. The number of anilines is 1. The van der Waals surface area contributed by atoms with E-state index in [9.17, 15) is 5.26 Å². The molecular weight excluding hydrogens is 374 g/mol. The number of hydrogen-bond acceptors (Lipinski definition) is 5. The van der Waals surface area contributed by atoms with Crippen LogP contribution < -0.4 is 11.1 Å². The Hall–Kier alpha value is -3.37. The zero-order valence-corrected chi connectivity index (χ0v) is 16.9. The molecule has 30 heavy (non-hydrogen) atoms. The third-order valence-corrected chi connectivity index (χ3v) is 6.13. The highest BCUT2D eigenvalue weighted by atomic mass is 15.1. The lowest BCUT2D eigenvalue weighted by Crippen LogP contribution is -2.14. The van der Waals surface area contributed by atoms with Crippen molar-refractivity contribution < 1.29 is 0 Å². The molecule has 1 aliphatic carbocycles. The predicted molar refractivity (Wildman–Crippen MR) is 119 cm³/mol. The number of H-pyrrole nitrogens is 1. The molecular formula is C23H25N7. The monoisotopic (exact) mass is 399 g/mol. The van der Waals surface area contributed by atoms with Gasteiger partial charge in [-0.2, -0.15) is 5.26 Å². The van der Waals surface area contributed by atoms with Gasteiger partial charge in [0, 0.05) is 24.7 Å². The Bertz CT molecular complexity index is 1240. The molecule has 5 rings (SSSR count). The second-order valence-corrected chi connectivity index (χ2v) is 7.95. The average molecular weight is 400 g/mol. The van der Waals surface area contributed by atoms with E-state index in [-0.39, 0.29) is 0 Å². The zero-order chi connectivity index (χ0) is 20.5. The van der Waals surface area contributed by atoms with Gasteiger partial charge in [-0.05, 0) is 36.6 Å². The van der Waals surface area contributed by atoms with Crippen LogP contribution in [0.25, 0.3) is 33.2 Å². The number of aromatic amines is 1. The smallest absolute Gasteiger partial charge is 0.104 e. The van der Waals surface area contributed by atoms with E-state index in [4.69, 9.17) is 10.7 Å². The molecule has 1 aliphatic rings. The van der Waals surface area contributed by atoms with Crippen LogP contribution in [0.15, 0.2) is 36.9 Å². The van der Waals surface area contributed by atoms with E-state index in [1.54, 1.807) is 6.33 Å². The highest BCUT2D eigenvalue weighted by molar-refractivity contribution is 6.00. The van der Waals surface area contributed by atoms with Crippen LogP contribution >= 0.6 is 0 Å². The van der Waals surface area contributed by atoms with Crippen LogP contribution in [0.4, 0.5) is 5.69 Å². The Morgan fingerprint density at radius 3 is 2.87 bits per heavy atom. The fourth-order valence-corrected chi connectivity index (χ4v) is 4.64. The maximum absolute atomic E-state index is 9.68. The van der Waals surface area contributed by atoms with Gasteiger partial charge in [0.15, 0.2) is 0 Å². The molecule has 7 heteroatoms. The van der Waals surface area contributed by atoms with Crippen molar-refractivity contribution in [3.05, 3.63) is 42.5 Å². The number of fused-ring (bicyclic) bond motifs is 2. The molecule has 0 aliphatic heterocycles. The third-order valence-electron chi connectivity index (χ3n) is 6.13. The van der Waals surface area contributed by atoms with Crippen LogP contribution in [0.3, 0.4) is 0 Å². The van der Waals surface area contributed by atoms with Crippen LogP contribution in [0, 0.1) is 11.3 Å². The van der Waals surface area contributed by atoms with E-state index in [1.807, 2.05) is 12.4 Å². The van der Waals surface area contributed by atoms with Crippen molar-refractivity contribution in [1.29, 1.82) is 5.26 Å². The van der Waals surface area contributed by atoms with Crippen molar-refractivity contribution in [1.82, 2.24) is 19.5 Å². The largest absolute Gasteiger partial charge is 0.383 e. The van der Waals surface area contributed by atoms with E-state index in [0.717, 1.165) is 33.4 Å². The summed E-state index contributed by atoms with van der Waals surface area (Å²) in [6, 6.07) is 11.3. The second kappa shape index (κ2) is 7.81. The van der Waals surface area contributed by atoms with E-state index in [1.165, 1.54) is 37.6 Å². The number of nitrogens with two attached hydrogens (primary N) is 1. The zero-order valence-electron chi connectivity index (χ0n) is 16.9. The molecule has 4 aromatic rings. The minimum Gasteiger partial charge on any atom is -0.383 e. The van der Waals surface area contributed by atoms with E-state index >= 15 is 0 Å². The summed E-state index contributed by atoms with van der Waals surface area (Å²) in [5.74, 6) is 0. The molecule has 0 amide bonds. The summed E-state index contributed by atoms with van der Waals surface area (Å²) in [6.07, 6.45) is 10.0. The van der Waals surface area contributed by atoms with Crippen molar-refractivity contribution in [2.45, 2.75) is 38.1 Å². The summed E-state index contributed by atoms with van der Waals surface area (Å²) in [5, 5.41) is 13.0. The molecule has 1 fully saturated rings. The lowest BCUT2D eigenvalue weighted by Gasteiger charge is -2.23. The van der Waals surface area contributed by atoms with Crippen molar-refractivity contribution in [3.63, 3.8) is 0 Å². The molecule has 2 aromatic carbocycles. The lowest BCUT2D eigenvalue weighted by molar-refractivity contribution is 0.359. The molecule has 1 saturated carbocycles. The minimum atomic E-state index is 0.492. The first-order valence-corrected chi connectivity index (χ1v) is 10.6. The van der Waals surface area contributed by atoms with Gasteiger partial charge in [0.1, 0.15) is 11.6 Å². The number of nitrogens with zero attached hydrogens (tertiary/aromatic N) is 4. The van der Waals surface area contributed by atoms with Crippen LogP contribution in [-0.2, 0) is 0 Å². The summed E-state index contributed by atoms with van der Waals surface area (Å²) in [7, 11) is 0. The van der Waals surface area contributed by atoms with Crippen LogP contribution in [0.2, 0.25) is 0 Å². The third kappa shape index (κ3) is 3.10. The highest BCUT2D eigenvalue weighted by Gasteiger charge is 2.19. The first kappa shape index (κ1) is 18.6. The summed E-state index contributed by atoms with van der Waals surface area (Å²) in [5.41, 5.74) is 12.7. The SMILES string of the molecule is N#Cc1c(NCCN)cc(-c2ccc3c(c2)ncn3C2CCCCC2)c2nc[nH]c12. The Kier molecular flexibility index (Phi) is 4.85. The fraction of sp³-hybridized carbons (Fsp3) is 0.348. The lowest BCUT2D eigenvalue weighted by atomic mass is 9.95. The molecule has 0 saturated heterocycles. The Morgan fingerprint density at radius 2 is 2.07 bits per heavy atom. The van der Waals surface area contributed by atoms with Gasteiger partial charge in [0.2, 0.25) is 0 Å². The molecule has 0 radical (unpaired) electrons. The van der Waals surface area contributed by atoms with Crippen LogP contribution in [-0.4, -0.2) is 32.6 Å². The maximum Gasteiger partial charge on any atom is 0.104 e. The number of nitriles is 1. The molecule has 2 heterocycles. The number of benzene rings is 2. The highest BCUT2D eigenvalue weighted by Crippen LogP contribution is 2.36. The predicted octanol–water partition coefficient (Wildman–Crippen LogP) is 4.33. The first-order chi connectivity index (χ1) is 14.8. The Balaban J connectivity index is 1.61. The number of rotatable bonds is 5.